The van der Waals surface area contributed by atoms with E-state index in [1.165, 1.54) is 17.5 Å². The van der Waals surface area contributed by atoms with Gasteiger partial charge in [0.2, 0.25) is 0 Å². The average Bonchev–Trinajstić information content (AvgIpc) is 2.36. The minimum absolute atomic E-state index is 0.200. The number of rotatable bonds is 3. The second-order valence-electron chi connectivity index (χ2n) is 5.78. The number of hydrogen-bond donors (Lipinski definition) is 2. The van der Waals surface area contributed by atoms with Crippen molar-refractivity contribution in [3.63, 3.8) is 0 Å². The van der Waals surface area contributed by atoms with E-state index in [-0.39, 0.29) is 16.0 Å². The van der Waals surface area contributed by atoms with Gasteiger partial charge in [-0.1, -0.05) is 25.4 Å². The lowest BCUT2D eigenvalue weighted by molar-refractivity contribution is 0.188. The Labute approximate surface area is 118 Å². The van der Waals surface area contributed by atoms with Crippen LogP contribution in [0.3, 0.4) is 0 Å². The first-order chi connectivity index (χ1) is 8.92. The van der Waals surface area contributed by atoms with Gasteiger partial charge in [0.15, 0.2) is 0 Å². The van der Waals surface area contributed by atoms with Crippen molar-refractivity contribution in [2.75, 3.05) is 18.4 Å². The second kappa shape index (κ2) is 5.51. The van der Waals surface area contributed by atoms with Gasteiger partial charge in [-0.05, 0) is 24.8 Å². The summed E-state index contributed by atoms with van der Waals surface area (Å²) in [6.45, 7) is 6.30. The molecule has 1 saturated heterocycles. The van der Waals surface area contributed by atoms with Crippen LogP contribution in [0.4, 0.5) is 5.69 Å². The van der Waals surface area contributed by atoms with E-state index < -0.39 is 0 Å². The highest BCUT2D eigenvalue weighted by Gasteiger charge is 2.31. The number of halogens is 1. The Balaban J connectivity index is 2.07. The number of anilines is 1. The van der Waals surface area contributed by atoms with Gasteiger partial charge in [-0.15, -0.1) is 0 Å². The summed E-state index contributed by atoms with van der Waals surface area (Å²) in [6, 6.07) is 0.362. The van der Waals surface area contributed by atoms with Crippen molar-refractivity contribution >= 4 is 17.3 Å². The molecule has 0 spiro atoms. The molecule has 0 bridgehead atoms. The molecule has 6 heteroatoms. The van der Waals surface area contributed by atoms with Gasteiger partial charge in [-0.25, -0.2) is 4.68 Å². The second-order valence-corrected chi connectivity index (χ2v) is 6.16. The molecular weight excluding hydrogens is 264 g/mol. The normalized spacial score (nSPS) is 22.2. The lowest BCUT2D eigenvalue weighted by Crippen LogP contribution is -2.50. The van der Waals surface area contributed by atoms with E-state index in [1.54, 1.807) is 13.2 Å². The molecule has 1 atom stereocenters. The molecule has 19 heavy (non-hydrogen) atoms. The third-order valence-corrected chi connectivity index (χ3v) is 4.27. The summed E-state index contributed by atoms with van der Waals surface area (Å²) in [7, 11) is 1.59. The predicted octanol–water partition coefficient (Wildman–Crippen LogP) is 1.62. The third kappa shape index (κ3) is 3.09. The minimum Gasteiger partial charge on any atom is -0.381 e. The van der Waals surface area contributed by atoms with E-state index in [4.69, 9.17) is 11.6 Å². The standard InChI is InChI=1S/C13H21ClN4O/c1-13(2)5-4-6-15-10(13)8-16-9-7-17-18(3)12(19)11(9)14/h7,10,15-16H,4-6,8H2,1-3H3. The van der Waals surface area contributed by atoms with Crippen LogP contribution < -0.4 is 16.2 Å². The summed E-state index contributed by atoms with van der Waals surface area (Å²) in [4.78, 5) is 11.7. The zero-order chi connectivity index (χ0) is 14.0. The van der Waals surface area contributed by atoms with E-state index in [2.05, 4.69) is 29.6 Å². The van der Waals surface area contributed by atoms with Crippen molar-refractivity contribution in [1.29, 1.82) is 0 Å². The maximum absolute atomic E-state index is 11.7. The van der Waals surface area contributed by atoms with Crippen LogP contribution in [0.1, 0.15) is 26.7 Å². The highest BCUT2D eigenvalue weighted by atomic mass is 35.5. The molecule has 1 fully saturated rings. The monoisotopic (exact) mass is 284 g/mol. The smallest absolute Gasteiger partial charge is 0.287 e. The molecule has 1 unspecified atom stereocenters. The molecule has 1 aromatic rings. The van der Waals surface area contributed by atoms with Gasteiger partial charge in [0.25, 0.3) is 5.56 Å². The van der Waals surface area contributed by atoms with Gasteiger partial charge < -0.3 is 10.6 Å². The summed E-state index contributed by atoms with van der Waals surface area (Å²) in [6.07, 6.45) is 4.01. The van der Waals surface area contributed by atoms with Crippen molar-refractivity contribution in [2.45, 2.75) is 32.7 Å². The van der Waals surface area contributed by atoms with E-state index in [9.17, 15) is 4.79 Å². The van der Waals surface area contributed by atoms with E-state index >= 15 is 0 Å². The summed E-state index contributed by atoms with van der Waals surface area (Å²) in [5.41, 5.74) is 0.570. The Morgan fingerprint density at radius 3 is 3.05 bits per heavy atom. The van der Waals surface area contributed by atoms with Gasteiger partial charge in [0.05, 0.1) is 11.9 Å². The Hall–Kier alpha value is -1.07. The third-order valence-electron chi connectivity index (χ3n) is 3.91. The fourth-order valence-electron chi connectivity index (χ4n) is 2.47. The number of piperidine rings is 1. The van der Waals surface area contributed by atoms with Crippen molar-refractivity contribution in [3.8, 4) is 0 Å². The molecule has 0 aromatic carbocycles. The summed E-state index contributed by atoms with van der Waals surface area (Å²) in [5.74, 6) is 0. The predicted molar refractivity (Wildman–Crippen MR) is 77.8 cm³/mol. The summed E-state index contributed by atoms with van der Waals surface area (Å²) >= 11 is 6.03. The maximum atomic E-state index is 11.7. The largest absolute Gasteiger partial charge is 0.381 e. The molecule has 1 aliphatic rings. The van der Waals surface area contributed by atoms with E-state index in [0.29, 0.717) is 11.7 Å². The molecule has 2 heterocycles. The number of hydrogen-bond acceptors (Lipinski definition) is 4. The van der Waals surface area contributed by atoms with Crippen molar-refractivity contribution in [1.82, 2.24) is 15.1 Å². The molecule has 5 nitrogen and oxygen atoms in total. The fraction of sp³-hybridized carbons (Fsp3) is 0.692. The van der Waals surface area contributed by atoms with Gasteiger partial charge in [0, 0.05) is 19.6 Å². The molecule has 0 radical (unpaired) electrons. The highest BCUT2D eigenvalue weighted by Crippen LogP contribution is 2.30. The first-order valence-corrected chi connectivity index (χ1v) is 6.99. The number of aromatic nitrogens is 2. The average molecular weight is 285 g/mol. The van der Waals surface area contributed by atoms with Crippen LogP contribution in [-0.2, 0) is 7.05 Å². The zero-order valence-electron chi connectivity index (χ0n) is 11.7. The molecule has 106 valence electrons. The van der Waals surface area contributed by atoms with Gasteiger partial charge >= 0.3 is 0 Å². The topological polar surface area (TPSA) is 59.0 Å². The molecule has 0 amide bonds. The number of aryl methyl sites for hydroxylation is 1. The van der Waals surface area contributed by atoms with Gasteiger partial charge in [0.1, 0.15) is 5.02 Å². The fourth-order valence-corrected chi connectivity index (χ4v) is 2.70. The molecule has 2 rings (SSSR count). The van der Waals surface area contributed by atoms with Crippen LogP contribution in [0.15, 0.2) is 11.0 Å². The first kappa shape index (κ1) is 14.3. The highest BCUT2D eigenvalue weighted by molar-refractivity contribution is 6.32. The summed E-state index contributed by atoms with van der Waals surface area (Å²) < 4.78 is 1.23. The Bertz CT molecular complexity index is 512. The minimum atomic E-state index is -0.275. The molecule has 1 aromatic heterocycles. The Morgan fingerprint density at radius 2 is 2.37 bits per heavy atom. The Kier molecular flexibility index (Phi) is 4.16. The lowest BCUT2D eigenvalue weighted by atomic mass is 9.77. The molecular formula is C13H21ClN4O. The van der Waals surface area contributed by atoms with Gasteiger partial charge in [-0.2, -0.15) is 5.10 Å². The van der Waals surface area contributed by atoms with Crippen LogP contribution in [0.25, 0.3) is 0 Å². The molecule has 2 N–H and O–H groups in total. The van der Waals surface area contributed by atoms with Crippen molar-refractivity contribution < 1.29 is 0 Å². The van der Waals surface area contributed by atoms with Crippen molar-refractivity contribution in [3.05, 3.63) is 21.6 Å². The molecule has 0 aliphatic carbocycles. The van der Waals surface area contributed by atoms with Crippen LogP contribution >= 0.6 is 11.6 Å². The lowest BCUT2D eigenvalue weighted by Gasteiger charge is -2.39. The van der Waals surface area contributed by atoms with Crippen LogP contribution in [0.2, 0.25) is 5.02 Å². The van der Waals surface area contributed by atoms with Crippen LogP contribution in [0.5, 0.6) is 0 Å². The quantitative estimate of drug-likeness (QED) is 0.886. The molecule has 0 saturated carbocycles. The summed E-state index contributed by atoms with van der Waals surface area (Å²) in [5, 5.41) is 10.9. The Morgan fingerprint density at radius 1 is 1.63 bits per heavy atom. The number of nitrogens with zero attached hydrogens (tertiary/aromatic N) is 2. The first-order valence-electron chi connectivity index (χ1n) is 6.61. The van der Waals surface area contributed by atoms with E-state index in [0.717, 1.165) is 13.1 Å². The molecule has 1 aliphatic heterocycles. The van der Waals surface area contributed by atoms with Crippen molar-refractivity contribution in [2.24, 2.45) is 12.5 Å². The van der Waals surface area contributed by atoms with Crippen LogP contribution in [0, 0.1) is 5.41 Å². The van der Waals surface area contributed by atoms with Gasteiger partial charge in [-0.3, -0.25) is 4.79 Å². The number of nitrogens with one attached hydrogen (secondary N) is 2. The SMILES string of the molecule is Cn1ncc(NCC2NCCCC2(C)C)c(Cl)c1=O. The van der Waals surface area contributed by atoms with E-state index in [1.807, 2.05) is 0 Å². The van der Waals surface area contributed by atoms with Crippen LogP contribution in [-0.4, -0.2) is 28.9 Å². The maximum Gasteiger partial charge on any atom is 0.287 e. The zero-order valence-corrected chi connectivity index (χ0v) is 12.4.